The molecule has 2 aliphatic rings. The van der Waals surface area contributed by atoms with E-state index >= 15 is 4.39 Å². The first-order valence-corrected chi connectivity index (χ1v) is 12.1. The number of nitrogen functional groups attached to an aromatic ring is 1. The third kappa shape index (κ3) is 4.23. The van der Waals surface area contributed by atoms with Crippen molar-refractivity contribution in [2.75, 3.05) is 12.3 Å². The molecular formula is C26H28FN7O3. The minimum Gasteiger partial charge on any atom is -0.391 e. The van der Waals surface area contributed by atoms with Crippen LogP contribution in [0.5, 0.6) is 0 Å². The van der Waals surface area contributed by atoms with Crippen LogP contribution in [0.2, 0.25) is 0 Å². The molecule has 2 fully saturated rings. The van der Waals surface area contributed by atoms with E-state index in [1.54, 1.807) is 13.0 Å². The molecule has 1 aliphatic heterocycles. The molecule has 2 amide bonds. The average molecular weight is 506 g/mol. The van der Waals surface area contributed by atoms with Gasteiger partial charge in [0.25, 0.3) is 5.91 Å². The zero-order valence-corrected chi connectivity index (χ0v) is 20.6. The summed E-state index contributed by atoms with van der Waals surface area (Å²) in [6, 6.07) is 2.45. The number of fused-ring (bicyclic) bond motifs is 1. The second-order valence-electron chi connectivity index (χ2n) is 9.64. The second-order valence-corrected chi connectivity index (χ2v) is 9.64. The summed E-state index contributed by atoms with van der Waals surface area (Å²) in [6.07, 6.45) is 2.83. The van der Waals surface area contributed by atoms with Gasteiger partial charge < -0.3 is 26.0 Å². The monoisotopic (exact) mass is 505 g/mol. The van der Waals surface area contributed by atoms with Gasteiger partial charge in [0.2, 0.25) is 5.91 Å². The van der Waals surface area contributed by atoms with Crippen molar-refractivity contribution in [3.63, 3.8) is 0 Å². The lowest BCUT2D eigenvalue weighted by Crippen LogP contribution is -2.40. The number of nitrogens with two attached hydrogens (primary N) is 2. The summed E-state index contributed by atoms with van der Waals surface area (Å²) < 4.78 is 18.4. The number of likely N-dealkylation sites (tertiary alicyclic amines) is 1. The second kappa shape index (κ2) is 9.05. The number of hydrogen-bond donors (Lipinski definition) is 3. The standard InChI is InChI=1S/C26H28FN7O3/c1-4-23(36)32-12-17(10-21(32)13(2)35)34-25(28)24(26(29)37)19(31-34)8-5-15-9-20-22(11-18(15)27)33(14(3)30-20)16-6-7-16/h4,9,11,13,16-17,21,35H,1,6-7,10,12,28H2,2-3H3,(H2,29,37)/t13?,17?,21-/m1/s1. The van der Waals surface area contributed by atoms with Crippen LogP contribution in [0.3, 0.4) is 0 Å². The first-order chi connectivity index (χ1) is 17.6. The van der Waals surface area contributed by atoms with Gasteiger partial charge in [-0.25, -0.2) is 14.1 Å². The van der Waals surface area contributed by atoms with E-state index in [-0.39, 0.29) is 35.1 Å². The van der Waals surface area contributed by atoms with Crippen LogP contribution in [0.4, 0.5) is 10.2 Å². The van der Waals surface area contributed by atoms with Gasteiger partial charge in [-0.1, -0.05) is 12.5 Å². The van der Waals surface area contributed by atoms with Gasteiger partial charge in [-0.3, -0.25) is 9.59 Å². The van der Waals surface area contributed by atoms with Gasteiger partial charge in [-0.2, -0.15) is 5.10 Å². The van der Waals surface area contributed by atoms with E-state index in [1.807, 2.05) is 11.5 Å². The van der Waals surface area contributed by atoms with E-state index in [9.17, 15) is 14.7 Å². The molecule has 37 heavy (non-hydrogen) atoms. The number of carbonyl (C=O) groups excluding carboxylic acids is 2. The molecular weight excluding hydrogens is 477 g/mol. The van der Waals surface area contributed by atoms with E-state index in [1.165, 1.54) is 21.7 Å². The Bertz CT molecular complexity index is 1510. The number of aromatic nitrogens is 4. The Morgan fingerprint density at radius 2 is 2.03 bits per heavy atom. The molecule has 0 bridgehead atoms. The Morgan fingerprint density at radius 3 is 2.65 bits per heavy atom. The molecule has 10 nitrogen and oxygen atoms in total. The fourth-order valence-electron chi connectivity index (χ4n) is 5.16. The van der Waals surface area contributed by atoms with Gasteiger partial charge in [0, 0.05) is 18.7 Å². The average Bonchev–Trinajstić information content (AvgIpc) is 3.35. The van der Waals surface area contributed by atoms with Crippen molar-refractivity contribution >= 4 is 28.7 Å². The third-order valence-corrected chi connectivity index (χ3v) is 7.06. The molecule has 1 aromatic carbocycles. The molecule has 5 N–H and O–H groups in total. The molecule has 3 atom stereocenters. The van der Waals surface area contributed by atoms with Gasteiger partial charge in [0.1, 0.15) is 23.0 Å². The van der Waals surface area contributed by atoms with Crippen LogP contribution in [-0.2, 0) is 4.79 Å². The van der Waals surface area contributed by atoms with E-state index < -0.39 is 29.9 Å². The number of hydrogen-bond acceptors (Lipinski definition) is 6. The molecule has 2 unspecified atom stereocenters. The van der Waals surface area contributed by atoms with E-state index in [0.717, 1.165) is 24.2 Å². The Morgan fingerprint density at radius 1 is 1.30 bits per heavy atom. The lowest BCUT2D eigenvalue weighted by atomic mass is 10.1. The van der Waals surface area contributed by atoms with Crippen molar-refractivity contribution in [2.45, 2.75) is 57.3 Å². The number of halogens is 1. The largest absolute Gasteiger partial charge is 0.391 e. The zero-order valence-electron chi connectivity index (χ0n) is 20.6. The van der Waals surface area contributed by atoms with Crippen LogP contribution in [0, 0.1) is 24.6 Å². The number of rotatable bonds is 5. The van der Waals surface area contributed by atoms with Crippen molar-refractivity contribution < 1.29 is 19.1 Å². The number of aryl methyl sites for hydroxylation is 1. The van der Waals surface area contributed by atoms with Crippen molar-refractivity contribution in [2.24, 2.45) is 5.73 Å². The summed E-state index contributed by atoms with van der Waals surface area (Å²) in [5, 5.41) is 14.6. The Labute approximate surface area is 212 Å². The van der Waals surface area contributed by atoms with Gasteiger partial charge >= 0.3 is 0 Å². The predicted molar refractivity (Wildman–Crippen MR) is 135 cm³/mol. The highest BCUT2D eigenvalue weighted by Gasteiger charge is 2.39. The van der Waals surface area contributed by atoms with Crippen molar-refractivity contribution in [3.8, 4) is 11.8 Å². The topological polar surface area (TPSA) is 145 Å². The fourth-order valence-corrected chi connectivity index (χ4v) is 5.16. The van der Waals surface area contributed by atoms with Crippen molar-refractivity contribution in [1.82, 2.24) is 24.2 Å². The number of amides is 2. The first-order valence-electron chi connectivity index (χ1n) is 12.1. The molecule has 0 radical (unpaired) electrons. The Hall–Kier alpha value is -4.17. The van der Waals surface area contributed by atoms with Crippen LogP contribution in [0.25, 0.3) is 11.0 Å². The maximum absolute atomic E-state index is 15.0. The molecule has 1 saturated heterocycles. The molecule has 5 rings (SSSR count). The quantitative estimate of drug-likeness (QED) is 0.356. The number of aliphatic hydroxyl groups is 1. The van der Waals surface area contributed by atoms with Gasteiger partial charge in [-0.05, 0) is 51.2 Å². The minimum atomic E-state index is -0.827. The van der Waals surface area contributed by atoms with Gasteiger partial charge in [0.15, 0.2) is 5.69 Å². The van der Waals surface area contributed by atoms with E-state index in [0.29, 0.717) is 18.0 Å². The van der Waals surface area contributed by atoms with E-state index in [2.05, 4.69) is 28.5 Å². The highest BCUT2D eigenvalue weighted by molar-refractivity contribution is 5.99. The van der Waals surface area contributed by atoms with Gasteiger partial charge in [0.05, 0.1) is 34.8 Å². The maximum Gasteiger partial charge on any atom is 0.255 e. The lowest BCUT2D eigenvalue weighted by molar-refractivity contribution is -0.128. The number of nitrogens with zero attached hydrogens (tertiary/aromatic N) is 5. The van der Waals surface area contributed by atoms with Crippen molar-refractivity contribution in [3.05, 3.63) is 53.3 Å². The van der Waals surface area contributed by atoms with Crippen LogP contribution in [-0.4, -0.2) is 59.8 Å². The summed E-state index contributed by atoms with van der Waals surface area (Å²) >= 11 is 0. The molecule has 11 heteroatoms. The van der Waals surface area contributed by atoms with Crippen LogP contribution < -0.4 is 11.5 Å². The molecule has 3 heterocycles. The number of anilines is 1. The summed E-state index contributed by atoms with van der Waals surface area (Å²) in [6.45, 7) is 7.20. The van der Waals surface area contributed by atoms with Crippen LogP contribution >= 0.6 is 0 Å². The fraction of sp³-hybridized carbons (Fsp3) is 0.385. The summed E-state index contributed by atoms with van der Waals surface area (Å²) in [5.74, 6) is 4.65. The normalized spacial score (nSPS) is 20.1. The smallest absolute Gasteiger partial charge is 0.255 e. The van der Waals surface area contributed by atoms with Crippen LogP contribution in [0.15, 0.2) is 24.8 Å². The molecule has 192 valence electrons. The summed E-state index contributed by atoms with van der Waals surface area (Å²) in [7, 11) is 0. The Kier molecular flexibility index (Phi) is 6.00. The van der Waals surface area contributed by atoms with Crippen LogP contribution in [0.1, 0.15) is 65.7 Å². The summed E-state index contributed by atoms with van der Waals surface area (Å²) in [4.78, 5) is 30.6. The molecule has 0 spiro atoms. The third-order valence-electron chi connectivity index (χ3n) is 7.06. The maximum atomic E-state index is 15.0. The number of aliphatic hydroxyl groups excluding tert-OH is 1. The lowest BCUT2D eigenvalue weighted by Gasteiger charge is -2.25. The number of carbonyl (C=O) groups is 2. The highest BCUT2D eigenvalue weighted by Crippen LogP contribution is 2.39. The molecule has 1 aliphatic carbocycles. The SMILES string of the molecule is C=CC(=O)N1CC(n2nc(C#Cc3cc4nc(C)n(C5CC5)c4cc3F)c(C(N)=O)c2N)C[C@@H]1C(C)O. The molecule has 3 aromatic rings. The first kappa shape index (κ1) is 24.5. The van der Waals surface area contributed by atoms with Gasteiger partial charge in [-0.15, -0.1) is 0 Å². The highest BCUT2D eigenvalue weighted by atomic mass is 19.1. The number of primary amides is 1. The molecule has 1 saturated carbocycles. The van der Waals surface area contributed by atoms with E-state index in [4.69, 9.17) is 11.5 Å². The number of benzene rings is 1. The minimum absolute atomic E-state index is 0.00577. The number of imidazole rings is 1. The van der Waals surface area contributed by atoms with Crippen molar-refractivity contribution in [1.29, 1.82) is 0 Å². The molecule has 2 aromatic heterocycles. The summed E-state index contributed by atoms with van der Waals surface area (Å²) in [5.41, 5.74) is 13.2. The zero-order chi connectivity index (χ0) is 26.6. The predicted octanol–water partition coefficient (Wildman–Crippen LogP) is 1.80. The Balaban J connectivity index is 1.51.